The molecule has 8 heteroatoms. The number of halogens is 3. The summed E-state index contributed by atoms with van der Waals surface area (Å²) in [6.07, 6.45) is -1.63. The van der Waals surface area contributed by atoms with E-state index in [1.807, 2.05) is 5.40 Å². The molecule has 0 aromatic heterocycles. The number of rotatable bonds is 10. The average Bonchev–Trinajstić information content (AvgIpc) is 2.49. The Balaban J connectivity index is 2.30. The van der Waals surface area contributed by atoms with Crippen molar-refractivity contribution in [2.45, 2.75) is 37.3 Å². The Morgan fingerprint density at radius 2 is 1.91 bits per heavy atom. The molecule has 0 aliphatic rings. The standard InChI is InChI=1S/C15H18F3NO2S2/c1-12-5-6-13(9-14(12)22-10-15(16,17)18)20-7-3-2-4-8-21-23-11-19/h5-6,9H,2-4,7-8,10H2,1H3. The summed E-state index contributed by atoms with van der Waals surface area (Å²) in [5, 5.41) is 10.1. The van der Waals surface area contributed by atoms with Gasteiger partial charge in [0.15, 0.2) is 5.40 Å². The predicted octanol–water partition coefficient (Wildman–Crippen LogP) is 5.34. The van der Waals surface area contributed by atoms with Gasteiger partial charge in [0, 0.05) is 4.90 Å². The molecule has 0 heterocycles. The van der Waals surface area contributed by atoms with Gasteiger partial charge in [-0.3, -0.25) is 0 Å². The molecule has 0 aliphatic heterocycles. The zero-order valence-electron chi connectivity index (χ0n) is 12.7. The number of unbranched alkanes of at least 4 members (excludes halogenated alkanes) is 2. The van der Waals surface area contributed by atoms with Crippen LogP contribution in [0.25, 0.3) is 0 Å². The second kappa shape index (κ2) is 10.7. The normalized spacial score (nSPS) is 11.3. The highest BCUT2D eigenvalue weighted by Gasteiger charge is 2.27. The summed E-state index contributed by atoms with van der Waals surface area (Å²) in [5.74, 6) is -0.325. The molecule has 0 radical (unpaired) electrons. The maximum Gasteiger partial charge on any atom is 0.398 e. The number of nitrogens with zero attached hydrogens (tertiary/aromatic N) is 1. The summed E-state index contributed by atoms with van der Waals surface area (Å²) in [4.78, 5) is 0.585. The smallest absolute Gasteiger partial charge is 0.398 e. The second-order valence-electron chi connectivity index (χ2n) is 4.74. The highest BCUT2D eigenvalue weighted by atomic mass is 32.2. The molecule has 0 amide bonds. The quantitative estimate of drug-likeness (QED) is 0.242. The zero-order valence-corrected chi connectivity index (χ0v) is 14.3. The molecule has 3 nitrogen and oxygen atoms in total. The topological polar surface area (TPSA) is 42.2 Å². The number of aryl methyl sites for hydroxylation is 1. The minimum atomic E-state index is -4.18. The van der Waals surface area contributed by atoms with Crippen molar-refractivity contribution in [3.05, 3.63) is 23.8 Å². The monoisotopic (exact) mass is 365 g/mol. The van der Waals surface area contributed by atoms with Crippen molar-refractivity contribution in [3.63, 3.8) is 0 Å². The van der Waals surface area contributed by atoms with Crippen LogP contribution in [0.15, 0.2) is 23.1 Å². The molecular weight excluding hydrogens is 347 g/mol. The van der Waals surface area contributed by atoms with Gasteiger partial charge >= 0.3 is 6.18 Å². The van der Waals surface area contributed by atoms with E-state index in [9.17, 15) is 13.2 Å². The van der Waals surface area contributed by atoms with Crippen molar-refractivity contribution in [3.8, 4) is 11.2 Å². The number of hydrogen-bond acceptors (Lipinski definition) is 5. The molecule has 1 rings (SSSR count). The van der Waals surface area contributed by atoms with Crippen LogP contribution in [0.4, 0.5) is 13.2 Å². The molecule has 0 N–H and O–H groups in total. The minimum absolute atomic E-state index is 0.498. The van der Waals surface area contributed by atoms with Gasteiger partial charge in [-0.2, -0.15) is 18.4 Å². The van der Waals surface area contributed by atoms with E-state index in [0.29, 0.717) is 23.9 Å². The van der Waals surface area contributed by atoms with Crippen LogP contribution < -0.4 is 4.74 Å². The average molecular weight is 365 g/mol. The Bertz CT molecular complexity index is 518. The highest BCUT2D eigenvalue weighted by Crippen LogP contribution is 2.31. The Kier molecular flexibility index (Phi) is 9.29. The van der Waals surface area contributed by atoms with Crippen LogP contribution in [0, 0.1) is 17.6 Å². The van der Waals surface area contributed by atoms with Crippen LogP contribution in [0.5, 0.6) is 5.75 Å². The first-order valence-electron chi connectivity index (χ1n) is 7.03. The second-order valence-corrected chi connectivity index (χ2v) is 6.34. The van der Waals surface area contributed by atoms with Gasteiger partial charge in [-0.1, -0.05) is 6.07 Å². The lowest BCUT2D eigenvalue weighted by molar-refractivity contribution is -0.105. The number of alkyl halides is 3. The van der Waals surface area contributed by atoms with Crippen LogP contribution in [-0.4, -0.2) is 25.1 Å². The van der Waals surface area contributed by atoms with Gasteiger partial charge in [-0.05, 0) is 43.9 Å². The van der Waals surface area contributed by atoms with E-state index in [2.05, 4.69) is 0 Å². The summed E-state index contributed by atoms with van der Waals surface area (Å²) in [7, 11) is 0. The summed E-state index contributed by atoms with van der Waals surface area (Å²) >= 11 is 1.54. The van der Waals surface area contributed by atoms with Crippen LogP contribution >= 0.6 is 23.8 Å². The van der Waals surface area contributed by atoms with E-state index in [0.717, 1.165) is 48.6 Å². The van der Waals surface area contributed by atoms with E-state index in [4.69, 9.17) is 14.2 Å². The largest absolute Gasteiger partial charge is 0.494 e. The van der Waals surface area contributed by atoms with Crippen molar-refractivity contribution in [2.24, 2.45) is 0 Å². The van der Waals surface area contributed by atoms with E-state index in [-0.39, 0.29) is 0 Å². The Labute approximate surface area is 142 Å². The lowest BCUT2D eigenvalue weighted by Crippen LogP contribution is -2.10. The number of nitriles is 1. The van der Waals surface area contributed by atoms with Gasteiger partial charge in [0.1, 0.15) is 17.8 Å². The van der Waals surface area contributed by atoms with Crippen LogP contribution in [0.2, 0.25) is 0 Å². The van der Waals surface area contributed by atoms with Gasteiger partial charge in [0.05, 0.1) is 19.0 Å². The molecule has 0 spiro atoms. The van der Waals surface area contributed by atoms with Gasteiger partial charge in [0.2, 0.25) is 0 Å². The third kappa shape index (κ3) is 9.64. The predicted molar refractivity (Wildman–Crippen MR) is 86.5 cm³/mol. The molecule has 128 valence electrons. The summed E-state index contributed by atoms with van der Waals surface area (Å²) < 4.78 is 47.4. The summed E-state index contributed by atoms with van der Waals surface area (Å²) in [5.41, 5.74) is 0.804. The SMILES string of the molecule is Cc1ccc(OCCCCCOSC#N)cc1SCC(F)(F)F. The molecular formula is C15H18F3NO2S2. The van der Waals surface area contributed by atoms with Crippen LogP contribution in [0.1, 0.15) is 24.8 Å². The van der Waals surface area contributed by atoms with Crippen LogP contribution in [-0.2, 0) is 4.18 Å². The Hall–Kier alpha value is -1.04. The molecule has 0 atom stereocenters. The Morgan fingerprint density at radius 3 is 2.61 bits per heavy atom. The van der Waals surface area contributed by atoms with Gasteiger partial charge in [-0.25, -0.2) is 0 Å². The molecule has 0 aliphatic carbocycles. The summed E-state index contributed by atoms with van der Waals surface area (Å²) in [6, 6.07) is 5.18. The first kappa shape index (κ1) is 20.0. The minimum Gasteiger partial charge on any atom is -0.494 e. The highest BCUT2D eigenvalue weighted by molar-refractivity contribution is 7.99. The molecule has 0 bridgehead atoms. The fourth-order valence-corrected chi connectivity index (χ4v) is 2.75. The van der Waals surface area contributed by atoms with E-state index < -0.39 is 11.9 Å². The van der Waals surface area contributed by atoms with Crippen molar-refractivity contribution in [1.29, 1.82) is 5.26 Å². The molecule has 0 saturated carbocycles. The molecule has 23 heavy (non-hydrogen) atoms. The van der Waals surface area contributed by atoms with Gasteiger partial charge in [-0.15, -0.1) is 11.8 Å². The number of hydrogen-bond donors (Lipinski definition) is 0. The van der Waals surface area contributed by atoms with Crippen LogP contribution in [0.3, 0.4) is 0 Å². The maximum atomic E-state index is 12.3. The number of thioether (sulfide) groups is 1. The lowest BCUT2D eigenvalue weighted by atomic mass is 10.2. The number of benzene rings is 1. The molecule has 0 fully saturated rings. The van der Waals surface area contributed by atoms with E-state index >= 15 is 0 Å². The molecule has 1 aromatic carbocycles. The number of thiocyanates is 1. The Morgan fingerprint density at radius 1 is 1.17 bits per heavy atom. The molecule has 1 aromatic rings. The lowest BCUT2D eigenvalue weighted by Gasteiger charge is -2.11. The summed E-state index contributed by atoms with van der Waals surface area (Å²) in [6.45, 7) is 2.79. The van der Waals surface area contributed by atoms with E-state index in [1.54, 1.807) is 25.1 Å². The zero-order chi connectivity index (χ0) is 17.1. The third-order valence-electron chi connectivity index (χ3n) is 2.79. The van der Waals surface area contributed by atoms with Crippen molar-refractivity contribution < 1.29 is 22.1 Å². The first-order valence-corrected chi connectivity index (χ1v) is 8.75. The fourth-order valence-electron chi connectivity index (χ4n) is 1.68. The van der Waals surface area contributed by atoms with E-state index in [1.165, 1.54) is 0 Å². The van der Waals surface area contributed by atoms with Crippen molar-refractivity contribution >= 4 is 23.8 Å². The van der Waals surface area contributed by atoms with Crippen molar-refractivity contribution in [1.82, 2.24) is 0 Å². The van der Waals surface area contributed by atoms with Crippen molar-refractivity contribution in [2.75, 3.05) is 19.0 Å². The number of ether oxygens (including phenoxy) is 1. The third-order valence-corrected chi connectivity index (χ3v) is 4.37. The van der Waals surface area contributed by atoms with Gasteiger partial charge < -0.3 is 8.92 Å². The molecule has 0 unspecified atom stereocenters. The maximum absolute atomic E-state index is 12.3. The molecule has 0 saturated heterocycles. The fraction of sp³-hybridized carbons (Fsp3) is 0.533. The first-order chi connectivity index (χ1) is 10.9. The van der Waals surface area contributed by atoms with Gasteiger partial charge in [0.25, 0.3) is 0 Å².